The molecular formula is C18H29NO4S. The lowest BCUT2D eigenvalue weighted by Gasteiger charge is -2.22. The number of benzene rings is 1. The summed E-state index contributed by atoms with van der Waals surface area (Å²) in [5.74, 6) is 0. The zero-order chi connectivity index (χ0) is 17.3. The van der Waals surface area contributed by atoms with Crippen molar-refractivity contribution in [3.63, 3.8) is 0 Å². The van der Waals surface area contributed by atoms with Gasteiger partial charge >= 0.3 is 0 Å². The van der Waals surface area contributed by atoms with Crippen LogP contribution in [0.1, 0.15) is 50.5 Å². The maximum Gasteiger partial charge on any atom is 0.240 e. The van der Waals surface area contributed by atoms with E-state index in [1.165, 1.54) is 6.42 Å². The Labute approximate surface area is 145 Å². The number of sulfonamides is 1. The fourth-order valence-electron chi connectivity index (χ4n) is 2.65. The van der Waals surface area contributed by atoms with Crippen molar-refractivity contribution in [3.05, 3.63) is 29.8 Å². The minimum absolute atomic E-state index is 0.0138. The predicted octanol–water partition coefficient (Wildman–Crippen LogP) is 3.38. The number of rotatable bonds is 10. The molecule has 5 nitrogen and oxygen atoms in total. The molecule has 1 atom stereocenters. The van der Waals surface area contributed by atoms with Gasteiger partial charge in [0.2, 0.25) is 10.0 Å². The molecule has 0 amide bonds. The summed E-state index contributed by atoms with van der Waals surface area (Å²) in [5, 5.41) is 0. The molecule has 24 heavy (non-hydrogen) atoms. The SMILES string of the molecule is Cc1ccc(S(=O)(=O)NCCCCCCOC2CCCCO2)cc1. The van der Waals surface area contributed by atoms with E-state index in [4.69, 9.17) is 9.47 Å². The van der Waals surface area contributed by atoms with Crippen molar-refractivity contribution in [3.8, 4) is 0 Å². The van der Waals surface area contributed by atoms with Crippen LogP contribution in [0, 0.1) is 6.92 Å². The smallest absolute Gasteiger partial charge is 0.240 e. The van der Waals surface area contributed by atoms with Crippen LogP contribution in [0.5, 0.6) is 0 Å². The van der Waals surface area contributed by atoms with Crippen LogP contribution in [-0.4, -0.2) is 34.5 Å². The molecule has 0 bridgehead atoms. The van der Waals surface area contributed by atoms with Crippen molar-refractivity contribution in [1.29, 1.82) is 0 Å². The monoisotopic (exact) mass is 355 g/mol. The van der Waals surface area contributed by atoms with E-state index in [9.17, 15) is 8.42 Å². The molecule has 1 fully saturated rings. The van der Waals surface area contributed by atoms with Gasteiger partial charge in [-0.25, -0.2) is 13.1 Å². The van der Waals surface area contributed by atoms with E-state index in [0.717, 1.165) is 57.3 Å². The van der Waals surface area contributed by atoms with Gasteiger partial charge in [-0.15, -0.1) is 0 Å². The van der Waals surface area contributed by atoms with E-state index >= 15 is 0 Å². The van der Waals surface area contributed by atoms with E-state index in [-0.39, 0.29) is 6.29 Å². The van der Waals surface area contributed by atoms with E-state index < -0.39 is 10.0 Å². The summed E-state index contributed by atoms with van der Waals surface area (Å²) in [6.45, 7) is 3.95. The molecule has 6 heteroatoms. The summed E-state index contributed by atoms with van der Waals surface area (Å²) >= 11 is 0. The zero-order valence-corrected chi connectivity index (χ0v) is 15.3. The summed E-state index contributed by atoms with van der Waals surface area (Å²) in [5.41, 5.74) is 1.05. The molecule has 0 saturated carbocycles. The Morgan fingerprint density at radius 1 is 1.12 bits per heavy atom. The Hall–Kier alpha value is -0.950. The van der Waals surface area contributed by atoms with Gasteiger partial charge in [-0.2, -0.15) is 0 Å². The first-order valence-corrected chi connectivity index (χ1v) is 10.4. The van der Waals surface area contributed by atoms with Gasteiger partial charge in [0, 0.05) is 19.8 Å². The highest BCUT2D eigenvalue weighted by atomic mass is 32.2. The third-order valence-electron chi connectivity index (χ3n) is 4.14. The number of nitrogens with one attached hydrogen (secondary N) is 1. The lowest BCUT2D eigenvalue weighted by atomic mass is 10.2. The van der Waals surface area contributed by atoms with Crippen molar-refractivity contribution < 1.29 is 17.9 Å². The Kier molecular flexibility index (Phi) is 8.18. The standard InChI is InChI=1S/C18H29NO4S/c1-16-9-11-17(12-10-16)24(20,21)19-13-5-2-3-6-14-22-18-8-4-7-15-23-18/h9-12,18-19H,2-8,13-15H2,1H3. The first kappa shape index (κ1) is 19.4. The molecule has 1 unspecified atom stereocenters. The second-order valence-corrected chi connectivity index (χ2v) is 8.06. The van der Waals surface area contributed by atoms with Gasteiger partial charge in [-0.3, -0.25) is 0 Å². The number of hydrogen-bond acceptors (Lipinski definition) is 4. The van der Waals surface area contributed by atoms with Crippen molar-refractivity contribution in [2.45, 2.75) is 63.1 Å². The molecule has 1 aliphatic heterocycles. The van der Waals surface area contributed by atoms with Gasteiger partial charge in [-0.1, -0.05) is 30.5 Å². The second kappa shape index (κ2) is 10.1. The van der Waals surface area contributed by atoms with Crippen LogP contribution in [0.3, 0.4) is 0 Å². The Balaban J connectivity index is 1.52. The number of unbranched alkanes of at least 4 members (excludes halogenated alkanes) is 3. The molecule has 1 aliphatic rings. The molecule has 0 spiro atoms. The van der Waals surface area contributed by atoms with Crippen molar-refractivity contribution >= 4 is 10.0 Å². The maximum atomic E-state index is 12.1. The summed E-state index contributed by atoms with van der Waals surface area (Å²) in [7, 11) is -3.38. The number of hydrogen-bond donors (Lipinski definition) is 1. The van der Waals surface area contributed by atoms with Crippen LogP contribution in [0.4, 0.5) is 0 Å². The highest BCUT2D eigenvalue weighted by molar-refractivity contribution is 7.89. The maximum absolute atomic E-state index is 12.1. The summed E-state index contributed by atoms with van der Waals surface area (Å²) in [6.07, 6.45) is 7.17. The summed E-state index contributed by atoms with van der Waals surface area (Å²) < 4.78 is 38.1. The summed E-state index contributed by atoms with van der Waals surface area (Å²) in [4.78, 5) is 0.328. The van der Waals surface area contributed by atoms with Crippen LogP contribution in [0.15, 0.2) is 29.2 Å². The number of ether oxygens (including phenoxy) is 2. The molecule has 0 radical (unpaired) electrons. The van der Waals surface area contributed by atoms with Gasteiger partial charge in [0.1, 0.15) is 0 Å². The largest absolute Gasteiger partial charge is 0.353 e. The second-order valence-electron chi connectivity index (χ2n) is 6.29. The van der Waals surface area contributed by atoms with Crippen molar-refractivity contribution in [2.24, 2.45) is 0 Å². The number of aryl methyl sites for hydroxylation is 1. The predicted molar refractivity (Wildman–Crippen MR) is 94.4 cm³/mol. The van der Waals surface area contributed by atoms with Gasteiger partial charge < -0.3 is 9.47 Å². The van der Waals surface area contributed by atoms with Crippen LogP contribution in [-0.2, 0) is 19.5 Å². The highest BCUT2D eigenvalue weighted by Crippen LogP contribution is 2.14. The first-order valence-electron chi connectivity index (χ1n) is 8.87. The molecule has 0 aliphatic carbocycles. The lowest BCUT2D eigenvalue weighted by molar-refractivity contribution is -0.162. The quantitative estimate of drug-likeness (QED) is 0.654. The van der Waals surface area contributed by atoms with Crippen LogP contribution in [0.25, 0.3) is 0 Å². The molecule has 136 valence electrons. The van der Waals surface area contributed by atoms with Crippen LogP contribution < -0.4 is 4.72 Å². The van der Waals surface area contributed by atoms with Gasteiger partial charge in [0.05, 0.1) is 4.90 Å². The van der Waals surface area contributed by atoms with Gasteiger partial charge in [0.15, 0.2) is 6.29 Å². The van der Waals surface area contributed by atoms with Crippen molar-refractivity contribution in [1.82, 2.24) is 4.72 Å². The van der Waals surface area contributed by atoms with Crippen LogP contribution in [0.2, 0.25) is 0 Å². The zero-order valence-electron chi connectivity index (χ0n) is 14.5. The molecule has 1 N–H and O–H groups in total. The molecule has 1 aromatic rings. The van der Waals surface area contributed by atoms with Gasteiger partial charge in [0.25, 0.3) is 0 Å². The third kappa shape index (κ3) is 6.89. The molecule has 2 rings (SSSR count). The summed E-state index contributed by atoms with van der Waals surface area (Å²) in [6, 6.07) is 6.90. The molecule has 0 aromatic heterocycles. The first-order chi connectivity index (χ1) is 11.6. The molecule has 1 saturated heterocycles. The highest BCUT2D eigenvalue weighted by Gasteiger charge is 2.14. The average molecular weight is 356 g/mol. The fraction of sp³-hybridized carbons (Fsp3) is 0.667. The minimum Gasteiger partial charge on any atom is -0.353 e. The van der Waals surface area contributed by atoms with E-state index in [1.54, 1.807) is 12.1 Å². The third-order valence-corrected chi connectivity index (χ3v) is 5.61. The van der Waals surface area contributed by atoms with E-state index in [1.807, 2.05) is 19.1 Å². The minimum atomic E-state index is -3.38. The van der Waals surface area contributed by atoms with Crippen molar-refractivity contribution in [2.75, 3.05) is 19.8 Å². The normalized spacial score (nSPS) is 18.6. The molecule has 1 heterocycles. The Morgan fingerprint density at radius 2 is 1.88 bits per heavy atom. The van der Waals surface area contributed by atoms with Crippen LogP contribution >= 0.6 is 0 Å². The molecular weight excluding hydrogens is 326 g/mol. The van der Waals surface area contributed by atoms with Gasteiger partial charge in [-0.05, 0) is 51.2 Å². The Morgan fingerprint density at radius 3 is 2.58 bits per heavy atom. The average Bonchev–Trinajstić information content (AvgIpc) is 2.58. The topological polar surface area (TPSA) is 64.6 Å². The van der Waals surface area contributed by atoms with E-state index in [0.29, 0.717) is 11.4 Å². The Bertz CT molecular complexity index is 565. The fourth-order valence-corrected chi connectivity index (χ4v) is 3.72. The lowest BCUT2D eigenvalue weighted by Crippen LogP contribution is -2.24. The van der Waals surface area contributed by atoms with E-state index in [2.05, 4.69) is 4.72 Å². The molecule has 1 aromatic carbocycles.